The number of rotatable bonds is 4. The SMILES string of the molecule is CC(C)C1(c2ccccn2)[C-]=c2ccccc2=C1.CC(C)C1(c2ccccn2)[C-]=c2ccccc2=C1.[Cl-].[Cl-].[Zr+2]. The number of aromatic nitrogens is 2. The number of hydrogen-bond acceptors (Lipinski definition) is 2. The van der Waals surface area contributed by atoms with E-state index >= 15 is 0 Å². The van der Waals surface area contributed by atoms with Gasteiger partial charge < -0.3 is 24.8 Å². The largest absolute Gasteiger partial charge is 2.00 e. The topological polar surface area (TPSA) is 25.8 Å². The van der Waals surface area contributed by atoms with Gasteiger partial charge in [0.25, 0.3) is 0 Å². The molecule has 0 radical (unpaired) electrons. The Labute approximate surface area is 263 Å². The summed E-state index contributed by atoms with van der Waals surface area (Å²) in [5, 5.41) is 4.91. The first-order chi connectivity index (χ1) is 17.4. The quantitative estimate of drug-likeness (QED) is 0.251. The van der Waals surface area contributed by atoms with E-state index in [4.69, 9.17) is 0 Å². The minimum absolute atomic E-state index is 0. The van der Waals surface area contributed by atoms with Crippen LogP contribution in [0.15, 0.2) is 97.3 Å². The molecule has 0 spiro atoms. The van der Waals surface area contributed by atoms with Crippen molar-refractivity contribution in [3.05, 3.63) is 130 Å². The molecule has 2 atom stereocenters. The summed E-state index contributed by atoms with van der Waals surface area (Å²) in [7, 11) is 0. The first-order valence-electron chi connectivity index (χ1n) is 12.7. The molecule has 5 heteroatoms. The van der Waals surface area contributed by atoms with Crippen LogP contribution in [0.2, 0.25) is 0 Å². The molecule has 0 saturated heterocycles. The van der Waals surface area contributed by atoms with E-state index in [1.807, 2.05) is 36.7 Å². The van der Waals surface area contributed by atoms with Gasteiger partial charge in [0.2, 0.25) is 0 Å². The maximum atomic E-state index is 4.54. The Bertz CT molecular complexity index is 1410. The normalized spacial score (nSPS) is 19.6. The van der Waals surface area contributed by atoms with E-state index in [1.165, 1.54) is 20.9 Å². The Balaban J connectivity index is 0.000000254. The zero-order valence-corrected chi connectivity index (χ0v) is 26.7. The summed E-state index contributed by atoms with van der Waals surface area (Å²) in [5.74, 6) is 0.861. The third-order valence-corrected chi connectivity index (χ3v) is 7.37. The van der Waals surface area contributed by atoms with Crippen LogP contribution in [-0.2, 0) is 37.0 Å². The van der Waals surface area contributed by atoms with Gasteiger partial charge >= 0.3 is 26.2 Å². The molecule has 2 aliphatic rings. The first kappa shape index (κ1) is 32.9. The molecule has 198 valence electrons. The molecular weight excluding hydrogens is 599 g/mol. The molecular formula is C34H32Cl2N2Zr-2. The van der Waals surface area contributed by atoms with E-state index in [-0.39, 0.29) is 61.8 Å². The van der Waals surface area contributed by atoms with E-state index in [1.54, 1.807) is 0 Å². The third-order valence-electron chi connectivity index (χ3n) is 7.37. The van der Waals surface area contributed by atoms with Gasteiger partial charge in [-0.15, -0.1) is 46.9 Å². The number of halogens is 2. The molecule has 2 aliphatic carbocycles. The average molecular weight is 631 g/mol. The van der Waals surface area contributed by atoms with Crippen molar-refractivity contribution in [2.24, 2.45) is 11.8 Å². The van der Waals surface area contributed by atoms with Gasteiger partial charge in [-0.05, 0) is 46.9 Å². The zero-order valence-electron chi connectivity index (χ0n) is 22.7. The van der Waals surface area contributed by atoms with E-state index in [0.29, 0.717) is 11.8 Å². The van der Waals surface area contributed by atoms with Crippen molar-refractivity contribution in [3.8, 4) is 0 Å². The first-order valence-corrected chi connectivity index (χ1v) is 12.7. The van der Waals surface area contributed by atoms with Crippen molar-refractivity contribution in [1.29, 1.82) is 0 Å². The van der Waals surface area contributed by atoms with Gasteiger partial charge in [0.15, 0.2) is 0 Å². The maximum Gasteiger partial charge on any atom is 2.00 e. The van der Waals surface area contributed by atoms with Crippen LogP contribution in [0.1, 0.15) is 39.1 Å². The predicted octanol–water partition coefficient (Wildman–Crippen LogP) is -1.74. The van der Waals surface area contributed by atoms with E-state index in [0.717, 1.165) is 11.4 Å². The van der Waals surface area contributed by atoms with Crippen LogP contribution in [0.4, 0.5) is 0 Å². The summed E-state index contributed by atoms with van der Waals surface area (Å²) >= 11 is 0. The van der Waals surface area contributed by atoms with Crippen molar-refractivity contribution < 1.29 is 51.0 Å². The van der Waals surface area contributed by atoms with Crippen LogP contribution in [0.25, 0.3) is 24.3 Å². The Morgan fingerprint density at radius 3 is 1.21 bits per heavy atom. The van der Waals surface area contributed by atoms with Crippen molar-refractivity contribution in [1.82, 2.24) is 9.97 Å². The molecule has 2 aromatic carbocycles. The van der Waals surface area contributed by atoms with Crippen LogP contribution < -0.4 is 45.7 Å². The van der Waals surface area contributed by atoms with Gasteiger partial charge in [-0.3, -0.25) is 9.97 Å². The molecule has 0 aliphatic heterocycles. The molecule has 2 unspecified atom stereocenters. The molecule has 0 saturated carbocycles. The standard InChI is InChI=1S/2C17H16N.2ClH.Zr/c2*1-13(2)17(16-9-5-6-10-18-16)11-14-7-3-4-8-15(14)12-17;;;/h2*3-11,13H,1-2H3;2*1H;/q2*-1;;;+2/p-2. The number of nitrogens with zero attached hydrogens (tertiary/aromatic N) is 2. The minimum Gasteiger partial charge on any atom is -1.00 e. The molecule has 0 bridgehead atoms. The van der Waals surface area contributed by atoms with Gasteiger partial charge in [0, 0.05) is 23.8 Å². The Kier molecular flexibility index (Phi) is 11.7. The van der Waals surface area contributed by atoms with E-state index < -0.39 is 0 Å². The molecule has 6 rings (SSSR count). The van der Waals surface area contributed by atoms with Crippen molar-refractivity contribution >= 4 is 24.3 Å². The molecule has 0 fully saturated rings. The fraction of sp³-hybridized carbons (Fsp3) is 0.235. The minimum atomic E-state index is -0.190. The molecule has 4 aromatic rings. The summed E-state index contributed by atoms with van der Waals surface area (Å²) in [4.78, 5) is 9.09. The van der Waals surface area contributed by atoms with Crippen LogP contribution in [0, 0.1) is 11.8 Å². The van der Waals surface area contributed by atoms with Crippen LogP contribution in [-0.4, -0.2) is 9.97 Å². The number of fused-ring (bicyclic) bond motifs is 2. The van der Waals surface area contributed by atoms with Gasteiger partial charge in [-0.1, -0.05) is 52.0 Å². The van der Waals surface area contributed by atoms with Crippen molar-refractivity contribution in [3.63, 3.8) is 0 Å². The smallest absolute Gasteiger partial charge is 1.00 e. The van der Waals surface area contributed by atoms with E-state index in [2.05, 4.69) is 123 Å². The number of benzene rings is 2. The summed E-state index contributed by atoms with van der Waals surface area (Å²) in [6.45, 7) is 8.90. The molecule has 39 heavy (non-hydrogen) atoms. The Hall–Kier alpha value is -2.32. The maximum absolute atomic E-state index is 4.54. The van der Waals surface area contributed by atoms with Crippen molar-refractivity contribution in [2.45, 2.75) is 38.5 Å². The van der Waals surface area contributed by atoms with Gasteiger partial charge in [0.05, 0.1) is 0 Å². The van der Waals surface area contributed by atoms with Gasteiger partial charge in [-0.2, -0.15) is 34.7 Å². The van der Waals surface area contributed by atoms with Gasteiger partial charge in [0.1, 0.15) is 0 Å². The number of pyridine rings is 2. The summed E-state index contributed by atoms with van der Waals surface area (Å²) < 4.78 is 0. The number of hydrogen-bond donors (Lipinski definition) is 0. The monoisotopic (exact) mass is 628 g/mol. The molecule has 0 N–H and O–H groups in total. The Morgan fingerprint density at radius 2 is 0.897 bits per heavy atom. The van der Waals surface area contributed by atoms with Gasteiger partial charge in [-0.25, -0.2) is 0 Å². The molecule has 2 heterocycles. The van der Waals surface area contributed by atoms with E-state index in [9.17, 15) is 0 Å². The van der Waals surface area contributed by atoms with Crippen LogP contribution in [0.5, 0.6) is 0 Å². The second-order valence-electron chi connectivity index (χ2n) is 10.2. The Morgan fingerprint density at radius 1 is 0.538 bits per heavy atom. The molecule has 0 amide bonds. The fourth-order valence-electron chi connectivity index (χ4n) is 5.19. The van der Waals surface area contributed by atoms with Crippen LogP contribution >= 0.6 is 0 Å². The zero-order chi connectivity index (χ0) is 25.2. The second-order valence-corrected chi connectivity index (χ2v) is 10.2. The fourth-order valence-corrected chi connectivity index (χ4v) is 5.19. The molecule has 2 aromatic heterocycles. The predicted molar refractivity (Wildman–Crippen MR) is 149 cm³/mol. The summed E-state index contributed by atoms with van der Waals surface area (Å²) in [6.07, 6.45) is 15.6. The summed E-state index contributed by atoms with van der Waals surface area (Å²) in [6, 6.07) is 29.0. The third kappa shape index (κ3) is 6.38. The molecule has 2 nitrogen and oxygen atoms in total. The second kappa shape index (κ2) is 13.8. The summed E-state index contributed by atoms with van der Waals surface area (Å²) in [5.41, 5.74) is 1.78. The average Bonchev–Trinajstić information content (AvgIpc) is 3.51. The van der Waals surface area contributed by atoms with Crippen LogP contribution in [0.3, 0.4) is 0 Å². The van der Waals surface area contributed by atoms with Crippen molar-refractivity contribution in [2.75, 3.05) is 0 Å².